The van der Waals surface area contributed by atoms with Crippen LogP contribution in [-0.4, -0.2) is 18.5 Å². The smallest absolute Gasteiger partial charge is 0.339 e. The zero-order chi connectivity index (χ0) is 15.2. The molecule has 21 heavy (non-hydrogen) atoms. The van der Waals surface area contributed by atoms with Crippen molar-refractivity contribution < 1.29 is 14.3 Å². The summed E-state index contributed by atoms with van der Waals surface area (Å²) in [4.78, 5) is 23.5. The largest absolute Gasteiger partial charge is 0.452 e. The highest BCUT2D eigenvalue weighted by molar-refractivity contribution is 14.1. The number of nitriles is 1. The number of esters is 1. The Labute approximate surface area is 138 Å². The van der Waals surface area contributed by atoms with Crippen LogP contribution in [0.1, 0.15) is 15.9 Å². The number of carbonyl (C=O) groups is 2. The van der Waals surface area contributed by atoms with Crippen molar-refractivity contribution in [2.24, 2.45) is 0 Å². The van der Waals surface area contributed by atoms with Gasteiger partial charge in [0.1, 0.15) is 11.1 Å². The predicted octanol–water partition coefficient (Wildman–Crippen LogP) is 3.02. The highest BCUT2D eigenvalue weighted by atomic mass is 127. The fraction of sp³-hybridized carbons (Fsp3) is 0.0714. The van der Waals surface area contributed by atoms with Crippen LogP contribution < -0.4 is 5.32 Å². The first kappa shape index (κ1) is 15.5. The molecule has 0 fully saturated rings. The van der Waals surface area contributed by atoms with Crippen LogP contribution in [0.25, 0.3) is 0 Å². The maximum absolute atomic E-state index is 11.8. The number of amides is 1. The molecule has 0 spiro atoms. The number of nitrogens with one attached hydrogen (secondary N) is 1. The number of hydrogen-bond donors (Lipinski definition) is 1. The van der Waals surface area contributed by atoms with Gasteiger partial charge in [-0.05, 0) is 46.2 Å². The SMILES string of the molecule is N#Cc1ccsc1NC(=O)COC(=O)c1ccccc1I. The molecule has 0 saturated carbocycles. The minimum atomic E-state index is -0.554. The first-order valence-electron chi connectivity index (χ1n) is 5.81. The molecule has 1 aromatic carbocycles. The lowest BCUT2D eigenvalue weighted by Gasteiger charge is -2.06. The van der Waals surface area contributed by atoms with E-state index in [1.807, 2.05) is 34.7 Å². The Morgan fingerprint density at radius 3 is 2.81 bits per heavy atom. The molecule has 1 aromatic heterocycles. The normalized spacial score (nSPS) is 9.71. The minimum absolute atomic E-state index is 0.386. The van der Waals surface area contributed by atoms with Crippen LogP contribution in [0.2, 0.25) is 0 Å². The molecule has 1 N–H and O–H groups in total. The number of hydrogen-bond acceptors (Lipinski definition) is 5. The molecule has 0 saturated heterocycles. The fourth-order valence-corrected chi connectivity index (χ4v) is 2.85. The second-order valence-corrected chi connectivity index (χ2v) is 5.96. The molecule has 2 aromatic rings. The van der Waals surface area contributed by atoms with E-state index in [9.17, 15) is 9.59 Å². The quantitative estimate of drug-likeness (QED) is 0.619. The Hall–Kier alpha value is -1.92. The molecule has 5 nitrogen and oxygen atoms in total. The summed E-state index contributed by atoms with van der Waals surface area (Å²) >= 11 is 3.26. The van der Waals surface area contributed by atoms with E-state index >= 15 is 0 Å². The number of halogens is 1. The lowest BCUT2D eigenvalue weighted by atomic mass is 10.2. The van der Waals surface area contributed by atoms with Crippen LogP contribution in [0.15, 0.2) is 35.7 Å². The summed E-state index contributed by atoms with van der Waals surface area (Å²) in [6.07, 6.45) is 0. The van der Waals surface area contributed by atoms with E-state index in [1.165, 1.54) is 11.3 Å². The molecule has 1 heterocycles. The van der Waals surface area contributed by atoms with Crippen molar-refractivity contribution in [3.63, 3.8) is 0 Å². The fourth-order valence-electron chi connectivity index (χ4n) is 1.49. The third-order valence-electron chi connectivity index (χ3n) is 2.47. The minimum Gasteiger partial charge on any atom is -0.452 e. The lowest BCUT2D eigenvalue weighted by molar-refractivity contribution is -0.119. The first-order chi connectivity index (χ1) is 10.1. The second-order valence-electron chi connectivity index (χ2n) is 3.88. The van der Waals surface area contributed by atoms with Crippen LogP contribution in [0.5, 0.6) is 0 Å². The van der Waals surface area contributed by atoms with Crippen LogP contribution in [0, 0.1) is 14.9 Å². The van der Waals surface area contributed by atoms with Crippen molar-refractivity contribution in [2.75, 3.05) is 11.9 Å². The Balaban J connectivity index is 1.92. The van der Waals surface area contributed by atoms with E-state index < -0.39 is 18.5 Å². The summed E-state index contributed by atoms with van der Waals surface area (Å²) in [5.41, 5.74) is 0.803. The zero-order valence-corrected chi connectivity index (χ0v) is 13.6. The Morgan fingerprint density at radius 1 is 1.33 bits per heavy atom. The number of anilines is 1. The van der Waals surface area contributed by atoms with Crippen LogP contribution >= 0.6 is 33.9 Å². The third-order valence-corrected chi connectivity index (χ3v) is 4.24. The van der Waals surface area contributed by atoms with E-state index in [2.05, 4.69) is 5.32 Å². The van der Waals surface area contributed by atoms with E-state index in [4.69, 9.17) is 10.00 Å². The second kappa shape index (κ2) is 7.19. The Morgan fingerprint density at radius 2 is 2.10 bits per heavy atom. The highest BCUT2D eigenvalue weighted by Gasteiger charge is 2.14. The molecule has 106 valence electrons. The first-order valence-corrected chi connectivity index (χ1v) is 7.76. The van der Waals surface area contributed by atoms with Gasteiger partial charge in [0.05, 0.1) is 11.1 Å². The van der Waals surface area contributed by atoms with Gasteiger partial charge < -0.3 is 10.1 Å². The van der Waals surface area contributed by atoms with E-state index in [0.29, 0.717) is 16.1 Å². The van der Waals surface area contributed by atoms with E-state index in [0.717, 1.165) is 3.57 Å². The molecule has 0 atom stereocenters. The summed E-state index contributed by atoms with van der Waals surface area (Å²) in [5.74, 6) is -1.03. The molecule has 1 amide bonds. The molecule has 0 aliphatic rings. The zero-order valence-electron chi connectivity index (χ0n) is 10.6. The summed E-state index contributed by atoms with van der Waals surface area (Å²) in [6.45, 7) is -0.396. The summed E-state index contributed by atoms with van der Waals surface area (Å²) < 4.78 is 5.71. The topological polar surface area (TPSA) is 79.2 Å². The van der Waals surface area contributed by atoms with Gasteiger partial charge in [-0.2, -0.15) is 5.26 Å². The van der Waals surface area contributed by atoms with Crippen molar-refractivity contribution in [1.82, 2.24) is 0 Å². The number of carbonyl (C=O) groups excluding carboxylic acids is 2. The molecule has 0 bridgehead atoms. The average molecular weight is 412 g/mol. The Bertz CT molecular complexity index is 721. The molecule has 2 rings (SSSR count). The number of nitrogens with zero attached hydrogens (tertiary/aromatic N) is 1. The van der Waals surface area contributed by atoms with Crippen molar-refractivity contribution in [2.45, 2.75) is 0 Å². The standard InChI is InChI=1S/C14H9IN2O3S/c15-11-4-2-1-3-10(11)14(19)20-8-12(18)17-13-9(7-16)5-6-21-13/h1-6H,8H2,(H,17,18). The summed E-state index contributed by atoms with van der Waals surface area (Å²) in [7, 11) is 0. The van der Waals surface area contributed by atoms with Crippen LogP contribution in [0.3, 0.4) is 0 Å². The number of rotatable bonds is 4. The molecule has 0 aliphatic heterocycles. The number of ether oxygens (including phenoxy) is 1. The molecule has 0 aliphatic carbocycles. The van der Waals surface area contributed by atoms with Gasteiger partial charge in [0.15, 0.2) is 6.61 Å². The monoisotopic (exact) mass is 412 g/mol. The van der Waals surface area contributed by atoms with Crippen molar-refractivity contribution in [3.05, 3.63) is 50.4 Å². The van der Waals surface area contributed by atoms with Crippen molar-refractivity contribution in [3.8, 4) is 6.07 Å². The van der Waals surface area contributed by atoms with Crippen LogP contribution in [-0.2, 0) is 9.53 Å². The number of benzene rings is 1. The van der Waals surface area contributed by atoms with Gasteiger partial charge in [-0.15, -0.1) is 11.3 Å². The molecular formula is C14H9IN2O3S. The van der Waals surface area contributed by atoms with Gasteiger partial charge in [0.25, 0.3) is 5.91 Å². The summed E-state index contributed by atoms with van der Waals surface area (Å²) in [6, 6.07) is 10.5. The molecule has 0 unspecified atom stereocenters. The lowest BCUT2D eigenvalue weighted by Crippen LogP contribution is -2.21. The van der Waals surface area contributed by atoms with E-state index in [1.54, 1.807) is 29.6 Å². The van der Waals surface area contributed by atoms with Crippen molar-refractivity contribution in [1.29, 1.82) is 5.26 Å². The van der Waals surface area contributed by atoms with Gasteiger partial charge in [0, 0.05) is 3.57 Å². The van der Waals surface area contributed by atoms with Gasteiger partial charge in [-0.25, -0.2) is 4.79 Å². The van der Waals surface area contributed by atoms with Gasteiger partial charge in [0.2, 0.25) is 0 Å². The average Bonchev–Trinajstić information content (AvgIpc) is 2.92. The maximum atomic E-state index is 11.8. The molecular weight excluding hydrogens is 403 g/mol. The highest BCUT2D eigenvalue weighted by Crippen LogP contribution is 2.21. The van der Waals surface area contributed by atoms with Gasteiger partial charge in [-0.3, -0.25) is 4.79 Å². The van der Waals surface area contributed by atoms with Gasteiger partial charge in [-0.1, -0.05) is 12.1 Å². The maximum Gasteiger partial charge on any atom is 0.339 e. The van der Waals surface area contributed by atoms with E-state index in [-0.39, 0.29) is 0 Å². The number of thiophene rings is 1. The van der Waals surface area contributed by atoms with Gasteiger partial charge >= 0.3 is 5.97 Å². The third kappa shape index (κ3) is 4.03. The molecule has 7 heteroatoms. The predicted molar refractivity (Wildman–Crippen MR) is 87.1 cm³/mol. The van der Waals surface area contributed by atoms with Crippen LogP contribution in [0.4, 0.5) is 5.00 Å². The summed E-state index contributed by atoms with van der Waals surface area (Å²) in [5, 5.41) is 13.5. The molecule has 0 radical (unpaired) electrons. The Kier molecular flexibility index (Phi) is 5.30. The van der Waals surface area contributed by atoms with Crippen molar-refractivity contribution >= 4 is 50.8 Å².